The number of halogens is 1. The molecule has 0 spiro atoms. The van der Waals surface area contributed by atoms with Gasteiger partial charge in [0.25, 0.3) is 0 Å². The normalized spacial score (nSPS) is 19.3. The van der Waals surface area contributed by atoms with Crippen LogP contribution >= 0.6 is 0 Å². The first-order valence-electron chi connectivity index (χ1n) is 4.08. The molecule has 0 atom stereocenters. The van der Waals surface area contributed by atoms with Crippen molar-refractivity contribution >= 4 is 0 Å². The molecule has 1 aliphatic carbocycles. The Labute approximate surface area is 67.8 Å². The molecule has 0 N–H and O–H groups in total. The van der Waals surface area contributed by atoms with Gasteiger partial charge in [0.1, 0.15) is 5.83 Å². The molecule has 0 fully saturated rings. The molecule has 0 unspecified atom stereocenters. The van der Waals surface area contributed by atoms with Crippen LogP contribution in [0.25, 0.3) is 0 Å². The quantitative estimate of drug-likeness (QED) is 0.500. The average molecular weight is 154 g/mol. The number of hydrogen-bond donors (Lipinski definition) is 0. The second-order valence-corrected chi connectivity index (χ2v) is 4.00. The van der Waals surface area contributed by atoms with E-state index in [1.807, 2.05) is 26.8 Å². The van der Waals surface area contributed by atoms with Gasteiger partial charge in [-0.2, -0.15) is 0 Å². The molecule has 0 heterocycles. The van der Waals surface area contributed by atoms with Crippen LogP contribution in [0.1, 0.15) is 33.6 Å². The Kier molecular flexibility index (Phi) is 2.17. The van der Waals surface area contributed by atoms with Crippen molar-refractivity contribution in [3.63, 3.8) is 0 Å². The van der Waals surface area contributed by atoms with Crippen LogP contribution in [-0.2, 0) is 0 Å². The Morgan fingerprint density at radius 3 is 2.09 bits per heavy atom. The molecule has 0 radical (unpaired) electrons. The fourth-order valence-corrected chi connectivity index (χ4v) is 1.31. The minimum atomic E-state index is -0.0407. The molecule has 0 aromatic rings. The minimum absolute atomic E-state index is 0.0243. The van der Waals surface area contributed by atoms with Gasteiger partial charge in [-0.25, -0.2) is 4.39 Å². The summed E-state index contributed by atoms with van der Waals surface area (Å²) in [4.78, 5) is 0. The highest BCUT2D eigenvalue weighted by atomic mass is 19.1. The van der Waals surface area contributed by atoms with E-state index in [2.05, 4.69) is 0 Å². The monoisotopic (exact) mass is 154 g/mol. The summed E-state index contributed by atoms with van der Waals surface area (Å²) in [6, 6.07) is 0. The maximum Gasteiger partial charge on any atom is 0.122 e. The Hall–Kier alpha value is -0.590. The molecule has 1 aliphatic rings. The van der Waals surface area contributed by atoms with Crippen molar-refractivity contribution in [3.8, 4) is 0 Å². The lowest BCUT2D eigenvalue weighted by molar-refractivity contribution is 0.466. The SMILES string of the molecule is CC(C)(C)C1=CCCC=C1F. The summed E-state index contributed by atoms with van der Waals surface area (Å²) in [5, 5.41) is 0. The molecular weight excluding hydrogens is 139 g/mol. The predicted octanol–water partition coefficient (Wildman–Crippen LogP) is 3.61. The van der Waals surface area contributed by atoms with Gasteiger partial charge in [0, 0.05) is 0 Å². The zero-order chi connectivity index (χ0) is 8.48. The molecule has 0 aromatic heterocycles. The Morgan fingerprint density at radius 1 is 1.18 bits per heavy atom. The third-order valence-corrected chi connectivity index (χ3v) is 1.90. The summed E-state index contributed by atoms with van der Waals surface area (Å²) in [5.41, 5.74) is 0.824. The van der Waals surface area contributed by atoms with E-state index in [1.54, 1.807) is 6.08 Å². The molecule has 62 valence electrons. The smallest absolute Gasteiger partial charge is 0.122 e. The summed E-state index contributed by atoms with van der Waals surface area (Å²) in [5.74, 6) is -0.0243. The van der Waals surface area contributed by atoms with Crippen molar-refractivity contribution in [2.75, 3.05) is 0 Å². The van der Waals surface area contributed by atoms with Crippen molar-refractivity contribution in [3.05, 3.63) is 23.6 Å². The molecule has 0 saturated carbocycles. The van der Waals surface area contributed by atoms with Crippen LogP contribution in [0.15, 0.2) is 23.6 Å². The van der Waals surface area contributed by atoms with Gasteiger partial charge >= 0.3 is 0 Å². The fourth-order valence-electron chi connectivity index (χ4n) is 1.31. The second kappa shape index (κ2) is 2.80. The van der Waals surface area contributed by atoms with Gasteiger partial charge in [-0.15, -0.1) is 0 Å². The van der Waals surface area contributed by atoms with Crippen molar-refractivity contribution in [1.82, 2.24) is 0 Å². The molecule has 0 aliphatic heterocycles. The third kappa shape index (κ3) is 1.92. The zero-order valence-corrected chi connectivity index (χ0v) is 7.45. The molecule has 0 saturated heterocycles. The van der Waals surface area contributed by atoms with Gasteiger partial charge in [0.15, 0.2) is 0 Å². The molecule has 0 bridgehead atoms. The van der Waals surface area contributed by atoms with Gasteiger partial charge in [-0.1, -0.05) is 26.8 Å². The zero-order valence-electron chi connectivity index (χ0n) is 7.45. The van der Waals surface area contributed by atoms with E-state index < -0.39 is 0 Å². The van der Waals surface area contributed by atoms with E-state index in [0.29, 0.717) is 0 Å². The van der Waals surface area contributed by atoms with Crippen molar-refractivity contribution in [2.24, 2.45) is 5.41 Å². The van der Waals surface area contributed by atoms with Crippen LogP contribution in [-0.4, -0.2) is 0 Å². The van der Waals surface area contributed by atoms with E-state index in [-0.39, 0.29) is 11.2 Å². The Morgan fingerprint density at radius 2 is 1.73 bits per heavy atom. The number of hydrogen-bond acceptors (Lipinski definition) is 0. The maximum atomic E-state index is 13.1. The average Bonchev–Trinajstić information content (AvgIpc) is 1.86. The topological polar surface area (TPSA) is 0 Å². The summed E-state index contributed by atoms with van der Waals surface area (Å²) in [6.45, 7) is 6.12. The summed E-state index contributed by atoms with van der Waals surface area (Å²) in [6.07, 6.45) is 5.53. The van der Waals surface area contributed by atoms with E-state index in [9.17, 15) is 4.39 Å². The van der Waals surface area contributed by atoms with Crippen molar-refractivity contribution in [2.45, 2.75) is 33.6 Å². The van der Waals surface area contributed by atoms with Crippen molar-refractivity contribution in [1.29, 1.82) is 0 Å². The van der Waals surface area contributed by atoms with Crippen molar-refractivity contribution < 1.29 is 4.39 Å². The van der Waals surface area contributed by atoms with Gasteiger partial charge < -0.3 is 0 Å². The molecule has 0 nitrogen and oxygen atoms in total. The molecule has 11 heavy (non-hydrogen) atoms. The van der Waals surface area contributed by atoms with Gasteiger partial charge in [0.2, 0.25) is 0 Å². The van der Waals surface area contributed by atoms with Crippen LogP contribution in [0, 0.1) is 5.41 Å². The van der Waals surface area contributed by atoms with Gasteiger partial charge in [0.05, 0.1) is 0 Å². The molecular formula is C10H15F. The van der Waals surface area contributed by atoms with Crippen LogP contribution < -0.4 is 0 Å². The third-order valence-electron chi connectivity index (χ3n) is 1.90. The lowest BCUT2D eigenvalue weighted by Crippen LogP contribution is -2.11. The molecule has 1 rings (SSSR count). The maximum absolute atomic E-state index is 13.1. The van der Waals surface area contributed by atoms with E-state index in [1.165, 1.54) is 0 Å². The van der Waals surface area contributed by atoms with Crippen LogP contribution in [0.2, 0.25) is 0 Å². The molecule has 1 heteroatoms. The van der Waals surface area contributed by atoms with Gasteiger partial charge in [-0.3, -0.25) is 0 Å². The lowest BCUT2D eigenvalue weighted by atomic mass is 9.83. The van der Waals surface area contributed by atoms with E-state index in [4.69, 9.17) is 0 Å². The molecule has 0 aromatic carbocycles. The standard InChI is InChI=1S/C10H15F/c1-10(2,3)8-6-4-5-7-9(8)11/h6-7H,4-5H2,1-3H3. The Balaban J connectivity index is 2.87. The highest BCUT2D eigenvalue weighted by molar-refractivity contribution is 5.32. The second-order valence-electron chi connectivity index (χ2n) is 4.00. The van der Waals surface area contributed by atoms with Crippen LogP contribution in [0.3, 0.4) is 0 Å². The fraction of sp³-hybridized carbons (Fsp3) is 0.600. The summed E-state index contributed by atoms with van der Waals surface area (Å²) >= 11 is 0. The first kappa shape index (κ1) is 8.51. The number of rotatable bonds is 0. The first-order valence-corrected chi connectivity index (χ1v) is 4.08. The summed E-state index contributed by atoms with van der Waals surface area (Å²) in [7, 11) is 0. The van der Waals surface area contributed by atoms with Crippen LogP contribution in [0.5, 0.6) is 0 Å². The lowest BCUT2D eigenvalue weighted by Gasteiger charge is -2.23. The minimum Gasteiger partial charge on any atom is -0.207 e. The summed E-state index contributed by atoms with van der Waals surface area (Å²) < 4.78 is 13.1. The molecule has 0 amide bonds. The van der Waals surface area contributed by atoms with Gasteiger partial charge in [-0.05, 0) is 29.9 Å². The number of allylic oxidation sites excluding steroid dienone is 4. The van der Waals surface area contributed by atoms with Crippen LogP contribution in [0.4, 0.5) is 4.39 Å². The van der Waals surface area contributed by atoms with E-state index >= 15 is 0 Å². The highest BCUT2D eigenvalue weighted by Gasteiger charge is 2.21. The van der Waals surface area contributed by atoms with E-state index in [0.717, 1.165) is 18.4 Å². The highest BCUT2D eigenvalue weighted by Crippen LogP contribution is 2.34. The Bertz CT molecular complexity index is 203. The predicted molar refractivity (Wildman–Crippen MR) is 46.0 cm³/mol. The first-order chi connectivity index (χ1) is 5.02. The largest absolute Gasteiger partial charge is 0.207 e.